The van der Waals surface area contributed by atoms with Crippen molar-refractivity contribution in [3.05, 3.63) is 51.4 Å². The van der Waals surface area contributed by atoms with E-state index >= 15 is 0 Å². The Kier molecular flexibility index (Phi) is 5.31. The maximum absolute atomic E-state index is 12.8. The van der Waals surface area contributed by atoms with Crippen LogP contribution in [0.25, 0.3) is 11.0 Å². The number of aryl methyl sites for hydroxylation is 1. The van der Waals surface area contributed by atoms with Gasteiger partial charge in [-0.1, -0.05) is 5.92 Å². The van der Waals surface area contributed by atoms with E-state index in [4.69, 9.17) is 10.8 Å². The van der Waals surface area contributed by atoms with Gasteiger partial charge < -0.3 is 15.1 Å². The third-order valence-electron chi connectivity index (χ3n) is 4.46. The summed E-state index contributed by atoms with van der Waals surface area (Å²) in [5.41, 5.74) is 1.08. The molecule has 0 bridgehead atoms. The minimum absolute atomic E-state index is 0.232. The van der Waals surface area contributed by atoms with Crippen molar-refractivity contribution in [1.82, 2.24) is 5.32 Å². The second-order valence-electron chi connectivity index (χ2n) is 7.17. The molecule has 148 valence electrons. The molecule has 0 aliphatic heterocycles. The Hall–Kier alpha value is -3.37. The van der Waals surface area contributed by atoms with Crippen LogP contribution >= 0.6 is 11.3 Å². The lowest BCUT2D eigenvalue weighted by Crippen LogP contribution is -2.45. The first-order chi connectivity index (χ1) is 13.6. The van der Waals surface area contributed by atoms with E-state index in [9.17, 15) is 14.4 Å². The number of anilines is 1. The number of rotatable bonds is 5. The molecule has 6 nitrogen and oxygen atoms in total. The van der Waals surface area contributed by atoms with Gasteiger partial charge in [0.15, 0.2) is 0 Å². The minimum atomic E-state index is -0.948. The predicted molar refractivity (Wildman–Crippen MR) is 113 cm³/mol. The maximum atomic E-state index is 12.8. The van der Waals surface area contributed by atoms with Crippen molar-refractivity contribution in [2.45, 2.75) is 33.2 Å². The summed E-state index contributed by atoms with van der Waals surface area (Å²) in [6.45, 7) is 6.62. The van der Waals surface area contributed by atoms with Crippen LogP contribution in [0.5, 0.6) is 0 Å². The topological polar surface area (TPSA) is 88.4 Å². The van der Waals surface area contributed by atoms with Crippen LogP contribution in [0.4, 0.5) is 5.69 Å². The van der Waals surface area contributed by atoms with Gasteiger partial charge in [-0.3, -0.25) is 14.4 Å². The number of furan rings is 1. The van der Waals surface area contributed by atoms with Crippen LogP contribution in [-0.4, -0.2) is 23.1 Å². The SMILES string of the molecule is C#CC(C)(C)NC(=O)C(=O)c1c(C)sc(C(=O)Nc2ccc3occc3c2)c1C. The van der Waals surface area contributed by atoms with Crippen LogP contribution in [0.2, 0.25) is 0 Å². The van der Waals surface area contributed by atoms with Gasteiger partial charge in [0, 0.05) is 21.5 Å². The molecular weight excluding hydrogens is 388 g/mol. The number of Topliss-reactive ketones (excluding diaryl/α,β-unsaturated/α-hetero) is 1. The average molecular weight is 408 g/mol. The van der Waals surface area contributed by atoms with Crippen molar-refractivity contribution in [2.24, 2.45) is 0 Å². The van der Waals surface area contributed by atoms with Gasteiger partial charge in [0.25, 0.3) is 17.6 Å². The van der Waals surface area contributed by atoms with Gasteiger partial charge in [0.1, 0.15) is 5.58 Å². The molecule has 29 heavy (non-hydrogen) atoms. The molecule has 0 aliphatic carbocycles. The van der Waals surface area contributed by atoms with E-state index in [0.29, 0.717) is 21.0 Å². The van der Waals surface area contributed by atoms with E-state index in [1.165, 1.54) is 11.3 Å². The van der Waals surface area contributed by atoms with Crippen LogP contribution in [0, 0.1) is 26.2 Å². The predicted octanol–water partition coefficient (Wildman–Crippen LogP) is 4.07. The average Bonchev–Trinajstić information content (AvgIpc) is 3.24. The zero-order valence-electron chi connectivity index (χ0n) is 16.5. The number of carbonyl (C=O) groups is 3. The first-order valence-corrected chi connectivity index (χ1v) is 9.68. The Bertz CT molecular complexity index is 1180. The molecule has 7 heteroatoms. The zero-order valence-corrected chi connectivity index (χ0v) is 17.3. The normalized spacial score (nSPS) is 11.1. The first-order valence-electron chi connectivity index (χ1n) is 8.86. The number of benzene rings is 1. The number of amides is 2. The molecule has 2 N–H and O–H groups in total. The summed E-state index contributed by atoms with van der Waals surface area (Å²) in [5.74, 6) is 0.565. The highest BCUT2D eigenvalue weighted by Gasteiger charge is 2.29. The summed E-state index contributed by atoms with van der Waals surface area (Å²) in [5, 5.41) is 6.22. The standard InChI is InChI=1S/C22H20N2O4S/c1-6-22(4,5)24-20(26)18(25)17-12(2)19(29-13(17)3)21(27)23-15-7-8-16-14(11-15)9-10-28-16/h1,7-11H,2-5H3,(H,23,27)(H,24,26). The molecule has 1 aromatic carbocycles. The van der Waals surface area contributed by atoms with Crippen LogP contribution in [0.3, 0.4) is 0 Å². The van der Waals surface area contributed by atoms with E-state index in [1.807, 2.05) is 0 Å². The number of hydrogen-bond donors (Lipinski definition) is 2. The third kappa shape index (κ3) is 4.08. The summed E-state index contributed by atoms with van der Waals surface area (Å²) in [7, 11) is 0. The molecule has 2 aromatic heterocycles. The van der Waals surface area contributed by atoms with Gasteiger partial charge in [0.2, 0.25) is 0 Å². The molecular formula is C22H20N2O4S. The highest BCUT2D eigenvalue weighted by molar-refractivity contribution is 7.14. The van der Waals surface area contributed by atoms with E-state index in [2.05, 4.69) is 16.6 Å². The quantitative estimate of drug-likeness (QED) is 0.378. The van der Waals surface area contributed by atoms with Crippen molar-refractivity contribution in [2.75, 3.05) is 5.32 Å². The first kappa shape index (κ1) is 20.4. The minimum Gasteiger partial charge on any atom is -0.464 e. The van der Waals surface area contributed by atoms with Crippen LogP contribution in [0.15, 0.2) is 34.9 Å². The lowest BCUT2D eigenvalue weighted by atomic mass is 10.0. The maximum Gasteiger partial charge on any atom is 0.293 e. The van der Waals surface area contributed by atoms with Gasteiger partial charge in [-0.25, -0.2) is 0 Å². The summed E-state index contributed by atoms with van der Waals surface area (Å²) in [6.07, 6.45) is 6.94. The smallest absolute Gasteiger partial charge is 0.293 e. The van der Waals surface area contributed by atoms with Gasteiger partial charge in [-0.15, -0.1) is 17.8 Å². The Morgan fingerprint density at radius 2 is 1.90 bits per heavy atom. The fourth-order valence-electron chi connectivity index (χ4n) is 2.93. The third-order valence-corrected chi connectivity index (χ3v) is 5.67. The van der Waals surface area contributed by atoms with Crippen LogP contribution in [-0.2, 0) is 4.79 Å². The Morgan fingerprint density at radius 3 is 2.59 bits per heavy atom. The summed E-state index contributed by atoms with van der Waals surface area (Å²) in [6, 6.07) is 7.11. The number of ketones is 1. The van der Waals surface area contributed by atoms with Crippen LogP contribution < -0.4 is 10.6 Å². The number of nitrogens with one attached hydrogen (secondary N) is 2. The Labute approximate surface area is 172 Å². The lowest BCUT2D eigenvalue weighted by molar-refractivity contribution is -0.118. The van der Waals surface area contributed by atoms with E-state index in [-0.39, 0.29) is 11.5 Å². The molecule has 3 rings (SSSR count). The number of carbonyl (C=O) groups excluding carboxylic acids is 3. The van der Waals surface area contributed by atoms with Crippen LogP contribution in [0.1, 0.15) is 44.3 Å². The van der Waals surface area contributed by atoms with Crippen molar-refractivity contribution in [3.63, 3.8) is 0 Å². The fraction of sp³-hybridized carbons (Fsp3) is 0.227. The lowest BCUT2D eigenvalue weighted by Gasteiger charge is -2.18. The summed E-state index contributed by atoms with van der Waals surface area (Å²) >= 11 is 1.17. The van der Waals surface area contributed by atoms with Gasteiger partial charge >= 0.3 is 0 Å². The van der Waals surface area contributed by atoms with Crippen molar-refractivity contribution >= 4 is 45.6 Å². The second kappa shape index (κ2) is 7.57. The Balaban J connectivity index is 1.84. The molecule has 3 aromatic rings. The van der Waals surface area contributed by atoms with Crippen molar-refractivity contribution in [3.8, 4) is 12.3 Å². The summed E-state index contributed by atoms with van der Waals surface area (Å²) in [4.78, 5) is 38.8. The van der Waals surface area contributed by atoms with E-state index < -0.39 is 17.2 Å². The number of fused-ring (bicyclic) bond motifs is 1. The molecule has 0 fully saturated rings. The monoisotopic (exact) mass is 408 g/mol. The highest BCUT2D eigenvalue weighted by Crippen LogP contribution is 2.29. The molecule has 0 aliphatic rings. The number of thiophene rings is 1. The van der Waals surface area contributed by atoms with Gasteiger partial charge in [0.05, 0.1) is 16.7 Å². The number of hydrogen-bond acceptors (Lipinski definition) is 5. The van der Waals surface area contributed by atoms with Crippen molar-refractivity contribution < 1.29 is 18.8 Å². The molecule has 0 spiro atoms. The highest BCUT2D eigenvalue weighted by atomic mass is 32.1. The fourth-order valence-corrected chi connectivity index (χ4v) is 3.98. The Morgan fingerprint density at radius 1 is 1.17 bits per heavy atom. The molecule has 2 amide bonds. The summed E-state index contributed by atoms with van der Waals surface area (Å²) < 4.78 is 5.29. The van der Waals surface area contributed by atoms with E-state index in [0.717, 1.165) is 11.0 Å². The van der Waals surface area contributed by atoms with Crippen molar-refractivity contribution in [1.29, 1.82) is 0 Å². The molecule has 0 unspecified atom stereocenters. The molecule has 2 heterocycles. The largest absolute Gasteiger partial charge is 0.464 e. The molecule has 0 saturated heterocycles. The molecule has 0 radical (unpaired) electrons. The molecule has 0 saturated carbocycles. The molecule has 0 atom stereocenters. The van der Waals surface area contributed by atoms with Gasteiger partial charge in [-0.05, 0) is 57.5 Å². The van der Waals surface area contributed by atoms with E-state index in [1.54, 1.807) is 58.2 Å². The van der Waals surface area contributed by atoms with Gasteiger partial charge in [-0.2, -0.15) is 0 Å². The zero-order chi connectivity index (χ0) is 21.3. The number of terminal acetylenes is 1. The second-order valence-corrected chi connectivity index (χ2v) is 8.39.